The number of carbonyl (C=O) groups excluding carboxylic acids is 1. The topological polar surface area (TPSA) is 63.1 Å². The van der Waals surface area contributed by atoms with Crippen LogP contribution in [0.5, 0.6) is 0 Å². The Labute approximate surface area is 134 Å². The van der Waals surface area contributed by atoms with Gasteiger partial charge in [0.2, 0.25) is 5.91 Å². The smallest absolute Gasteiger partial charge is 0.241 e. The van der Waals surface area contributed by atoms with E-state index in [4.69, 9.17) is 0 Å². The highest BCUT2D eigenvalue weighted by Gasteiger charge is 2.20. The van der Waals surface area contributed by atoms with Crippen LogP contribution in [0.25, 0.3) is 0 Å². The van der Waals surface area contributed by atoms with Crippen molar-refractivity contribution in [1.82, 2.24) is 25.0 Å². The summed E-state index contributed by atoms with van der Waals surface area (Å²) in [6.45, 7) is 4.18. The number of amides is 1. The second kappa shape index (κ2) is 7.51. The van der Waals surface area contributed by atoms with Crippen molar-refractivity contribution in [2.75, 3.05) is 19.6 Å². The monoisotopic (exact) mass is 319 g/mol. The maximum Gasteiger partial charge on any atom is 0.241 e. The van der Waals surface area contributed by atoms with Crippen LogP contribution in [0.3, 0.4) is 0 Å². The molecule has 0 spiro atoms. The van der Waals surface area contributed by atoms with E-state index in [1.807, 2.05) is 11.6 Å². The van der Waals surface area contributed by atoms with Crippen molar-refractivity contribution in [2.45, 2.75) is 25.9 Å². The summed E-state index contributed by atoms with van der Waals surface area (Å²) in [7, 11) is 0. The summed E-state index contributed by atoms with van der Waals surface area (Å²) in [4.78, 5) is 18.6. The van der Waals surface area contributed by atoms with Crippen molar-refractivity contribution in [3.63, 3.8) is 0 Å². The Morgan fingerprint density at radius 3 is 2.95 bits per heavy atom. The molecule has 0 aromatic carbocycles. The third-order valence-electron chi connectivity index (χ3n) is 4.03. The van der Waals surface area contributed by atoms with Crippen molar-refractivity contribution in [3.05, 3.63) is 35.0 Å². The van der Waals surface area contributed by atoms with Crippen LogP contribution < -0.4 is 5.32 Å². The maximum absolute atomic E-state index is 11.8. The molecule has 1 aliphatic rings. The van der Waals surface area contributed by atoms with Gasteiger partial charge in [-0.25, -0.2) is 4.98 Å². The van der Waals surface area contributed by atoms with Gasteiger partial charge in [0, 0.05) is 30.9 Å². The Hall–Kier alpha value is -1.73. The van der Waals surface area contributed by atoms with E-state index in [0.29, 0.717) is 12.5 Å². The van der Waals surface area contributed by atoms with Crippen molar-refractivity contribution >= 4 is 17.2 Å². The Morgan fingerprint density at radius 1 is 1.41 bits per heavy atom. The minimum Gasteiger partial charge on any atom is -0.354 e. The lowest BCUT2D eigenvalue weighted by atomic mass is 9.96. The predicted octanol–water partition coefficient (Wildman–Crippen LogP) is 1.37. The molecule has 0 atom stereocenters. The highest BCUT2D eigenvalue weighted by Crippen LogP contribution is 2.18. The first-order valence-corrected chi connectivity index (χ1v) is 8.57. The van der Waals surface area contributed by atoms with E-state index < -0.39 is 0 Å². The molecule has 1 N–H and O–H groups in total. The molecule has 0 aliphatic carbocycles. The van der Waals surface area contributed by atoms with Crippen molar-refractivity contribution in [3.8, 4) is 0 Å². The summed E-state index contributed by atoms with van der Waals surface area (Å²) in [5.41, 5.74) is 3.05. The molecule has 22 heavy (non-hydrogen) atoms. The molecular weight excluding hydrogens is 298 g/mol. The van der Waals surface area contributed by atoms with E-state index in [2.05, 4.69) is 25.7 Å². The zero-order valence-electron chi connectivity index (χ0n) is 12.5. The van der Waals surface area contributed by atoms with Crippen molar-refractivity contribution in [2.24, 2.45) is 5.92 Å². The van der Waals surface area contributed by atoms with Gasteiger partial charge in [0.15, 0.2) is 0 Å². The Balaban J connectivity index is 1.34. The SMILES string of the molecule is O=C(Cn1cccn1)NCC1CCN(Cc2cscn2)CC1. The number of nitrogens with one attached hydrogen (secondary N) is 1. The predicted molar refractivity (Wildman–Crippen MR) is 85.4 cm³/mol. The lowest BCUT2D eigenvalue weighted by Crippen LogP contribution is -2.39. The van der Waals surface area contributed by atoms with E-state index in [1.165, 1.54) is 0 Å². The van der Waals surface area contributed by atoms with Gasteiger partial charge in [0.05, 0.1) is 11.2 Å². The molecule has 2 aromatic rings. The van der Waals surface area contributed by atoms with Gasteiger partial charge in [0.25, 0.3) is 0 Å². The highest BCUT2D eigenvalue weighted by atomic mass is 32.1. The summed E-state index contributed by atoms with van der Waals surface area (Å²) in [5, 5.41) is 9.18. The number of thiazole rings is 1. The summed E-state index contributed by atoms with van der Waals surface area (Å²) < 4.78 is 1.64. The molecule has 2 aromatic heterocycles. The molecule has 0 unspecified atom stereocenters. The number of hydrogen-bond donors (Lipinski definition) is 1. The van der Waals surface area contributed by atoms with Gasteiger partial charge in [0.1, 0.15) is 6.54 Å². The second-order valence-corrected chi connectivity index (χ2v) is 6.43. The van der Waals surface area contributed by atoms with E-state index in [9.17, 15) is 4.79 Å². The van der Waals surface area contributed by atoms with Gasteiger partial charge in [-0.2, -0.15) is 5.10 Å². The maximum atomic E-state index is 11.8. The molecule has 1 aliphatic heterocycles. The van der Waals surface area contributed by atoms with Crippen LogP contribution in [0.1, 0.15) is 18.5 Å². The molecule has 3 heterocycles. The fraction of sp³-hybridized carbons (Fsp3) is 0.533. The van der Waals surface area contributed by atoms with Crippen LogP contribution in [-0.2, 0) is 17.9 Å². The molecule has 0 bridgehead atoms. The quantitative estimate of drug-likeness (QED) is 0.873. The Bertz CT molecular complexity index is 561. The van der Waals surface area contributed by atoms with E-state index in [1.54, 1.807) is 28.4 Å². The molecule has 118 valence electrons. The fourth-order valence-electron chi connectivity index (χ4n) is 2.75. The third-order valence-corrected chi connectivity index (χ3v) is 4.66. The second-order valence-electron chi connectivity index (χ2n) is 5.71. The van der Waals surface area contributed by atoms with Gasteiger partial charge in [-0.3, -0.25) is 14.4 Å². The fourth-order valence-corrected chi connectivity index (χ4v) is 3.30. The zero-order chi connectivity index (χ0) is 15.2. The number of carbonyl (C=O) groups is 1. The molecule has 3 rings (SSSR count). The molecule has 1 amide bonds. The summed E-state index contributed by atoms with van der Waals surface area (Å²) in [6.07, 6.45) is 5.75. The molecule has 1 fully saturated rings. The minimum absolute atomic E-state index is 0.0357. The van der Waals surface area contributed by atoms with Gasteiger partial charge < -0.3 is 5.32 Å². The number of hydrogen-bond acceptors (Lipinski definition) is 5. The van der Waals surface area contributed by atoms with Crippen LogP contribution in [0.15, 0.2) is 29.4 Å². The average Bonchev–Trinajstić information content (AvgIpc) is 3.20. The first kappa shape index (κ1) is 15.2. The minimum atomic E-state index is 0.0357. The molecule has 1 saturated heterocycles. The summed E-state index contributed by atoms with van der Waals surface area (Å²) in [6, 6.07) is 1.82. The van der Waals surface area contributed by atoms with Crippen molar-refractivity contribution in [1.29, 1.82) is 0 Å². The first-order chi connectivity index (χ1) is 10.8. The van der Waals surface area contributed by atoms with Gasteiger partial charge in [-0.1, -0.05) is 0 Å². The highest BCUT2D eigenvalue weighted by molar-refractivity contribution is 7.07. The standard InChI is InChI=1S/C15H21N5OS/c21-15(10-20-5-1-4-18-20)16-8-13-2-6-19(7-3-13)9-14-11-22-12-17-14/h1,4-5,11-13H,2-3,6-10H2,(H,16,21). The van der Waals surface area contributed by atoms with Crippen LogP contribution in [0.2, 0.25) is 0 Å². The number of aromatic nitrogens is 3. The number of piperidine rings is 1. The molecule has 7 heteroatoms. The zero-order valence-corrected chi connectivity index (χ0v) is 13.3. The largest absolute Gasteiger partial charge is 0.354 e. The van der Waals surface area contributed by atoms with E-state index in [-0.39, 0.29) is 5.91 Å². The molecule has 0 radical (unpaired) electrons. The molecule has 6 nitrogen and oxygen atoms in total. The van der Waals surface area contributed by atoms with Crippen LogP contribution >= 0.6 is 11.3 Å². The van der Waals surface area contributed by atoms with E-state index in [0.717, 1.165) is 44.7 Å². The molecule has 0 saturated carbocycles. The number of nitrogens with zero attached hydrogens (tertiary/aromatic N) is 4. The summed E-state index contributed by atoms with van der Waals surface area (Å²) >= 11 is 1.65. The van der Waals surface area contributed by atoms with Crippen LogP contribution in [0.4, 0.5) is 0 Å². The average molecular weight is 319 g/mol. The lowest BCUT2D eigenvalue weighted by Gasteiger charge is -2.31. The lowest BCUT2D eigenvalue weighted by molar-refractivity contribution is -0.122. The third kappa shape index (κ3) is 4.38. The Morgan fingerprint density at radius 2 is 2.27 bits per heavy atom. The van der Waals surface area contributed by atoms with Crippen molar-refractivity contribution < 1.29 is 4.79 Å². The van der Waals surface area contributed by atoms with Gasteiger partial charge in [-0.05, 0) is 37.9 Å². The van der Waals surface area contributed by atoms with Gasteiger partial charge >= 0.3 is 0 Å². The van der Waals surface area contributed by atoms with Crippen LogP contribution in [-0.4, -0.2) is 45.2 Å². The number of rotatable bonds is 6. The molecular formula is C15H21N5OS. The van der Waals surface area contributed by atoms with Crippen LogP contribution in [0, 0.1) is 5.92 Å². The normalized spacial score (nSPS) is 16.7. The summed E-state index contributed by atoms with van der Waals surface area (Å²) in [5.74, 6) is 0.613. The van der Waals surface area contributed by atoms with Gasteiger partial charge in [-0.15, -0.1) is 11.3 Å². The first-order valence-electron chi connectivity index (χ1n) is 7.63. The number of likely N-dealkylation sites (tertiary alicyclic amines) is 1. The Kier molecular flexibility index (Phi) is 5.18. The van der Waals surface area contributed by atoms with E-state index >= 15 is 0 Å².